The zero-order valence-corrected chi connectivity index (χ0v) is 12.8. The van der Waals surface area contributed by atoms with Crippen LogP contribution in [0.15, 0.2) is 20.9 Å². The molecule has 0 saturated heterocycles. The van der Waals surface area contributed by atoms with Crippen molar-refractivity contribution in [2.75, 3.05) is 13.1 Å². The molecule has 0 fully saturated rings. The summed E-state index contributed by atoms with van der Waals surface area (Å²) in [4.78, 5) is 5.82. The number of unbranched alkanes of at least 4 members (excludes halogenated alkanes) is 1. The molecule has 1 aromatic rings. The molecule has 0 bridgehead atoms. The third-order valence-electron chi connectivity index (χ3n) is 2.19. The van der Waals surface area contributed by atoms with Crippen molar-refractivity contribution in [3.63, 3.8) is 0 Å². The highest BCUT2D eigenvalue weighted by Crippen LogP contribution is 2.22. The first-order chi connectivity index (χ1) is 8.26. The molecule has 0 aliphatic heterocycles. The Bertz CT molecular complexity index is 349. The van der Waals surface area contributed by atoms with Crippen LogP contribution in [0.4, 0.5) is 0 Å². The predicted octanol–water partition coefficient (Wildman–Crippen LogP) is 3.37. The van der Waals surface area contributed by atoms with Crippen LogP contribution in [0.25, 0.3) is 0 Å². The number of nitrogens with one attached hydrogen (secondary N) is 2. The molecule has 1 heterocycles. The van der Waals surface area contributed by atoms with Gasteiger partial charge >= 0.3 is 0 Å². The minimum Gasteiger partial charge on any atom is -0.357 e. The maximum atomic E-state index is 4.55. The Labute approximate surface area is 116 Å². The lowest BCUT2D eigenvalue weighted by Gasteiger charge is -2.10. The first-order valence-electron chi connectivity index (χ1n) is 6.02. The van der Waals surface area contributed by atoms with Gasteiger partial charge in [0.05, 0.1) is 10.3 Å². The van der Waals surface area contributed by atoms with E-state index in [1.807, 2.05) is 0 Å². The number of hydrogen-bond donors (Lipinski definition) is 2. The second kappa shape index (κ2) is 8.53. The van der Waals surface area contributed by atoms with E-state index in [1.54, 1.807) is 11.3 Å². The van der Waals surface area contributed by atoms with Gasteiger partial charge in [0.1, 0.15) is 0 Å². The van der Waals surface area contributed by atoms with Crippen molar-refractivity contribution in [3.8, 4) is 0 Å². The van der Waals surface area contributed by atoms with Gasteiger partial charge in [-0.15, -0.1) is 11.3 Å². The van der Waals surface area contributed by atoms with Crippen LogP contribution in [-0.2, 0) is 6.54 Å². The van der Waals surface area contributed by atoms with Crippen LogP contribution < -0.4 is 10.6 Å². The van der Waals surface area contributed by atoms with Gasteiger partial charge in [-0.3, -0.25) is 0 Å². The van der Waals surface area contributed by atoms with E-state index in [0.29, 0.717) is 0 Å². The van der Waals surface area contributed by atoms with Crippen LogP contribution in [0.3, 0.4) is 0 Å². The molecule has 0 aliphatic rings. The average Bonchev–Trinajstić information content (AvgIpc) is 2.72. The van der Waals surface area contributed by atoms with Crippen molar-refractivity contribution < 1.29 is 0 Å². The summed E-state index contributed by atoms with van der Waals surface area (Å²) in [6.07, 6.45) is 2.37. The fourth-order valence-electron chi connectivity index (χ4n) is 1.32. The van der Waals surface area contributed by atoms with Crippen molar-refractivity contribution in [1.82, 2.24) is 10.6 Å². The van der Waals surface area contributed by atoms with Crippen molar-refractivity contribution in [3.05, 3.63) is 20.8 Å². The van der Waals surface area contributed by atoms with Gasteiger partial charge in [-0.25, -0.2) is 4.99 Å². The summed E-state index contributed by atoms with van der Waals surface area (Å²) in [7, 11) is 0. The van der Waals surface area contributed by atoms with Crippen molar-refractivity contribution >= 4 is 33.2 Å². The van der Waals surface area contributed by atoms with E-state index in [9.17, 15) is 0 Å². The van der Waals surface area contributed by atoms with Crippen LogP contribution in [0, 0.1) is 0 Å². The smallest absolute Gasteiger partial charge is 0.191 e. The van der Waals surface area contributed by atoms with Crippen molar-refractivity contribution in [2.45, 2.75) is 33.2 Å². The van der Waals surface area contributed by atoms with Gasteiger partial charge < -0.3 is 10.6 Å². The summed E-state index contributed by atoms with van der Waals surface area (Å²) in [5.41, 5.74) is 0. The molecule has 1 rings (SSSR count). The van der Waals surface area contributed by atoms with Gasteiger partial charge in [-0.1, -0.05) is 13.3 Å². The van der Waals surface area contributed by atoms with Crippen LogP contribution >= 0.6 is 27.3 Å². The first kappa shape index (κ1) is 14.5. The number of thiophene rings is 1. The van der Waals surface area contributed by atoms with Gasteiger partial charge in [-0.05, 0) is 41.4 Å². The summed E-state index contributed by atoms with van der Waals surface area (Å²) < 4.78 is 1.16. The summed E-state index contributed by atoms with van der Waals surface area (Å²) in [5.74, 6) is 0.908. The maximum Gasteiger partial charge on any atom is 0.191 e. The third-order valence-corrected chi connectivity index (χ3v) is 3.80. The molecular formula is C12H20BrN3S. The third kappa shape index (κ3) is 6.07. The number of hydrogen-bond acceptors (Lipinski definition) is 2. The maximum absolute atomic E-state index is 4.55. The molecule has 96 valence electrons. The second-order valence-electron chi connectivity index (χ2n) is 3.68. The van der Waals surface area contributed by atoms with Crippen LogP contribution in [0.5, 0.6) is 0 Å². The van der Waals surface area contributed by atoms with Gasteiger partial charge in [0.15, 0.2) is 5.96 Å². The van der Waals surface area contributed by atoms with E-state index in [4.69, 9.17) is 0 Å². The molecule has 5 heteroatoms. The molecule has 2 N–H and O–H groups in total. The lowest BCUT2D eigenvalue weighted by molar-refractivity contribution is 0.730. The van der Waals surface area contributed by atoms with E-state index in [0.717, 1.165) is 29.4 Å². The Balaban J connectivity index is 2.44. The number of nitrogens with zero attached hydrogens (tertiary/aromatic N) is 1. The first-order valence-corrected chi connectivity index (χ1v) is 7.63. The minimum absolute atomic E-state index is 0.734. The zero-order valence-electron chi connectivity index (χ0n) is 10.4. The van der Waals surface area contributed by atoms with Crippen LogP contribution in [0.1, 0.15) is 31.6 Å². The van der Waals surface area contributed by atoms with Crippen LogP contribution in [0.2, 0.25) is 0 Å². The van der Waals surface area contributed by atoms with Gasteiger partial charge in [-0.2, -0.15) is 0 Å². The summed E-state index contributed by atoms with van der Waals surface area (Å²) in [6, 6.07) is 4.17. The Hall–Kier alpha value is -0.550. The standard InChI is InChI=1S/C12H20BrN3S/c1-3-5-8-15-12(14-4-2)16-9-10-6-7-11(13)17-10/h6-7H,3-5,8-9H2,1-2H3,(H2,14,15,16). The van der Waals surface area contributed by atoms with Gasteiger partial charge in [0.2, 0.25) is 0 Å². The highest BCUT2D eigenvalue weighted by atomic mass is 79.9. The van der Waals surface area contributed by atoms with E-state index < -0.39 is 0 Å². The number of aliphatic imine (C=N–C) groups is 1. The number of halogens is 1. The Morgan fingerprint density at radius 2 is 2.18 bits per heavy atom. The summed E-state index contributed by atoms with van der Waals surface area (Å²) >= 11 is 5.19. The molecular weight excluding hydrogens is 298 g/mol. The van der Waals surface area contributed by atoms with E-state index in [1.165, 1.54) is 17.7 Å². The van der Waals surface area contributed by atoms with E-state index in [-0.39, 0.29) is 0 Å². The van der Waals surface area contributed by atoms with E-state index >= 15 is 0 Å². The lowest BCUT2D eigenvalue weighted by atomic mass is 10.3. The number of rotatable bonds is 6. The average molecular weight is 318 g/mol. The minimum atomic E-state index is 0.734. The summed E-state index contributed by atoms with van der Waals surface area (Å²) in [6.45, 7) is 6.88. The molecule has 0 spiro atoms. The quantitative estimate of drug-likeness (QED) is 0.479. The molecule has 0 amide bonds. The Morgan fingerprint density at radius 1 is 1.35 bits per heavy atom. The van der Waals surface area contributed by atoms with Gasteiger partial charge in [0, 0.05) is 18.0 Å². The topological polar surface area (TPSA) is 36.4 Å². The predicted molar refractivity (Wildman–Crippen MR) is 79.7 cm³/mol. The SMILES string of the molecule is CCCCNC(=NCc1ccc(Br)s1)NCC. The lowest BCUT2D eigenvalue weighted by Crippen LogP contribution is -2.37. The molecule has 1 aromatic heterocycles. The van der Waals surface area contributed by atoms with Crippen molar-refractivity contribution in [2.24, 2.45) is 4.99 Å². The fourth-order valence-corrected chi connectivity index (χ4v) is 2.73. The second-order valence-corrected chi connectivity index (χ2v) is 6.23. The van der Waals surface area contributed by atoms with E-state index in [2.05, 4.69) is 57.5 Å². The highest BCUT2D eigenvalue weighted by Gasteiger charge is 1.99. The molecule has 0 radical (unpaired) electrons. The molecule has 0 aromatic carbocycles. The normalized spacial score (nSPS) is 11.6. The van der Waals surface area contributed by atoms with Crippen LogP contribution in [-0.4, -0.2) is 19.0 Å². The molecule has 0 unspecified atom stereocenters. The number of guanidine groups is 1. The highest BCUT2D eigenvalue weighted by molar-refractivity contribution is 9.11. The molecule has 0 aliphatic carbocycles. The Kier molecular flexibility index (Phi) is 7.28. The molecule has 0 atom stereocenters. The van der Waals surface area contributed by atoms with Gasteiger partial charge in [0.25, 0.3) is 0 Å². The summed E-state index contributed by atoms with van der Waals surface area (Å²) in [5, 5.41) is 6.58. The molecule has 3 nitrogen and oxygen atoms in total. The molecule has 17 heavy (non-hydrogen) atoms. The monoisotopic (exact) mass is 317 g/mol. The largest absolute Gasteiger partial charge is 0.357 e. The van der Waals surface area contributed by atoms with Crippen molar-refractivity contribution in [1.29, 1.82) is 0 Å². The molecule has 0 saturated carbocycles. The zero-order chi connectivity index (χ0) is 12.5. The Morgan fingerprint density at radius 3 is 2.76 bits per heavy atom. The fraction of sp³-hybridized carbons (Fsp3) is 0.583.